The van der Waals surface area contributed by atoms with Gasteiger partial charge in [-0.25, -0.2) is 8.60 Å². The van der Waals surface area contributed by atoms with E-state index in [0.717, 1.165) is 31.8 Å². The molecular formula is C9H15FO2S. The molecular weight excluding hydrogens is 191 g/mol. The lowest BCUT2D eigenvalue weighted by Crippen LogP contribution is -1.90. The molecule has 0 saturated carbocycles. The van der Waals surface area contributed by atoms with E-state index in [2.05, 4.69) is 6.92 Å². The summed E-state index contributed by atoms with van der Waals surface area (Å²) >= 11 is -0.0973. The number of aliphatic hydroxyl groups excluding tert-OH is 1. The van der Waals surface area contributed by atoms with Crippen LogP contribution in [0.3, 0.4) is 0 Å². The van der Waals surface area contributed by atoms with Crippen molar-refractivity contribution in [3.63, 3.8) is 0 Å². The highest BCUT2D eigenvalue weighted by molar-refractivity contribution is 7.66. The van der Waals surface area contributed by atoms with E-state index >= 15 is 0 Å². The Labute approximate surface area is 81.5 Å². The summed E-state index contributed by atoms with van der Waals surface area (Å²) in [5.41, 5.74) is 0. The molecule has 0 bridgehead atoms. The van der Waals surface area contributed by atoms with E-state index in [1.165, 1.54) is 0 Å². The summed E-state index contributed by atoms with van der Waals surface area (Å²) in [6.07, 6.45) is 5.17. The molecule has 76 valence electrons. The van der Waals surface area contributed by atoms with Crippen LogP contribution in [0.25, 0.3) is 0 Å². The molecule has 0 rings (SSSR count). The zero-order valence-electron chi connectivity index (χ0n) is 7.75. The number of allylic oxidation sites excluding steroid dienone is 1. The Morgan fingerprint density at radius 1 is 1.46 bits per heavy atom. The van der Waals surface area contributed by atoms with Gasteiger partial charge in [-0.05, 0) is 12.8 Å². The van der Waals surface area contributed by atoms with Crippen molar-refractivity contribution >= 4 is 16.3 Å². The molecule has 0 amide bonds. The third kappa shape index (κ3) is 7.87. The Hall–Kier alpha value is -0.480. The van der Waals surface area contributed by atoms with Crippen LogP contribution in [0.1, 0.15) is 39.0 Å². The lowest BCUT2D eigenvalue weighted by Gasteiger charge is -1.96. The zero-order chi connectivity index (χ0) is 10.1. The number of hydrogen-bond acceptors (Lipinski definition) is 1. The van der Waals surface area contributed by atoms with Gasteiger partial charge in [-0.1, -0.05) is 26.2 Å². The highest BCUT2D eigenvalue weighted by Crippen LogP contribution is 2.10. The molecule has 0 aromatic heterocycles. The highest BCUT2D eigenvalue weighted by atomic mass is 32.1. The Morgan fingerprint density at radius 2 is 2.15 bits per heavy atom. The first-order chi connectivity index (χ1) is 6.20. The fourth-order valence-electron chi connectivity index (χ4n) is 0.951. The zero-order valence-corrected chi connectivity index (χ0v) is 8.57. The molecule has 4 heteroatoms. The van der Waals surface area contributed by atoms with Crippen LogP contribution in [0.4, 0.5) is 4.39 Å². The number of rotatable bonds is 6. The average molecular weight is 206 g/mol. The van der Waals surface area contributed by atoms with E-state index in [4.69, 9.17) is 5.11 Å². The fraction of sp³-hybridized carbons (Fsp3) is 0.667. The molecule has 0 heterocycles. The summed E-state index contributed by atoms with van der Waals surface area (Å²) in [5, 5.41) is 8.18. The maximum Gasteiger partial charge on any atom is 0.169 e. The molecule has 0 aliphatic carbocycles. The monoisotopic (exact) mass is 206 g/mol. The van der Waals surface area contributed by atoms with Gasteiger partial charge in [0.1, 0.15) is 17.1 Å². The van der Waals surface area contributed by atoms with E-state index in [0.29, 0.717) is 6.42 Å². The predicted molar refractivity (Wildman–Crippen MR) is 53.7 cm³/mol. The standard InChI is InChI=1S/C9H15FO2S/c1-2-3-4-5-6-8(10)7-9(11)13-12/h7,11H,2-6H2,1H3. The molecule has 0 aliphatic heterocycles. The van der Waals surface area contributed by atoms with Crippen LogP contribution in [-0.2, 0) is 11.3 Å². The van der Waals surface area contributed by atoms with Gasteiger partial charge in [0.05, 0.1) is 0 Å². The molecule has 0 saturated heterocycles. The van der Waals surface area contributed by atoms with Crippen molar-refractivity contribution in [2.24, 2.45) is 0 Å². The summed E-state index contributed by atoms with van der Waals surface area (Å²) in [6, 6.07) is 0. The van der Waals surface area contributed by atoms with Gasteiger partial charge in [0.15, 0.2) is 5.05 Å². The minimum absolute atomic E-state index is 0.0973. The Balaban J connectivity index is 3.67. The van der Waals surface area contributed by atoms with Gasteiger partial charge in [-0.3, -0.25) is 0 Å². The number of halogens is 1. The van der Waals surface area contributed by atoms with E-state index in [1.54, 1.807) is 0 Å². The molecule has 0 unspecified atom stereocenters. The lowest BCUT2D eigenvalue weighted by molar-refractivity contribution is 0.540. The second kappa shape index (κ2) is 8.13. The Morgan fingerprint density at radius 3 is 2.69 bits per heavy atom. The summed E-state index contributed by atoms with van der Waals surface area (Å²) in [6.45, 7) is 2.08. The Kier molecular flexibility index (Phi) is 7.83. The van der Waals surface area contributed by atoms with Crippen LogP contribution in [0, 0.1) is 0 Å². The topological polar surface area (TPSA) is 37.3 Å². The lowest BCUT2D eigenvalue weighted by atomic mass is 10.1. The third-order valence-electron chi connectivity index (χ3n) is 1.63. The van der Waals surface area contributed by atoms with Gasteiger partial charge in [0.2, 0.25) is 0 Å². The summed E-state index contributed by atoms with van der Waals surface area (Å²) in [7, 11) is 0. The second-order valence-corrected chi connectivity index (χ2v) is 3.41. The molecule has 0 atom stereocenters. The van der Waals surface area contributed by atoms with Gasteiger partial charge in [0, 0.05) is 6.08 Å². The third-order valence-corrected chi connectivity index (χ3v) is 1.92. The van der Waals surface area contributed by atoms with Crippen LogP contribution in [-0.4, -0.2) is 14.4 Å². The minimum Gasteiger partial charge on any atom is -0.349 e. The predicted octanol–water partition coefficient (Wildman–Crippen LogP) is 2.71. The van der Waals surface area contributed by atoms with E-state index in [9.17, 15) is 8.60 Å². The Bertz CT molecular complexity index is 220. The van der Waals surface area contributed by atoms with Crippen molar-refractivity contribution in [3.8, 4) is 0 Å². The maximum atomic E-state index is 12.8. The maximum absolute atomic E-state index is 12.8. The van der Waals surface area contributed by atoms with Crippen LogP contribution in [0.5, 0.6) is 0 Å². The molecule has 0 radical (unpaired) electrons. The van der Waals surface area contributed by atoms with E-state index < -0.39 is 10.9 Å². The van der Waals surface area contributed by atoms with Crippen LogP contribution >= 0.6 is 0 Å². The molecule has 0 aromatic carbocycles. The molecule has 1 N–H and O–H groups in total. The van der Waals surface area contributed by atoms with Crippen molar-refractivity contribution in [3.05, 3.63) is 11.9 Å². The number of aliphatic hydroxyl groups is 1. The van der Waals surface area contributed by atoms with Gasteiger partial charge >= 0.3 is 0 Å². The minimum atomic E-state index is -0.506. The largest absolute Gasteiger partial charge is 0.349 e. The number of hydrogen-bond donors (Lipinski definition) is 1. The van der Waals surface area contributed by atoms with Crippen molar-refractivity contribution in [2.45, 2.75) is 39.0 Å². The van der Waals surface area contributed by atoms with Gasteiger partial charge < -0.3 is 5.11 Å². The molecule has 0 fully saturated rings. The van der Waals surface area contributed by atoms with Gasteiger partial charge in [0.25, 0.3) is 0 Å². The first kappa shape index (κ1) is 12.5. The molecule has 0 aliphatic rings. The van der Waals surface area contributed by atoms with E-state index in [-0.39, 0.29) is 11.3 Å². The van der Waals surface area contributed by atoms with Crippen LogP contribution in [0.15, 0.2) is 11.9 Å². The van der Waals surface area contributed by atoms with Crippen molar-refractivity contribution in [2.75, 3.05) is 0 Å². The molecule has 2 nitrogen and oxygen atoms in total. The first-order valence-electron chi connectivity index (χ1n) is 4.42. The van der Waals surface area contributed by atoms with Crippen molar-refractivity contribution in [1.29, 1.82) is 0 Å². The van der Waals surface area contributed by atoms with Crippen LogP contribution < -0.4 is 0 Å². The normalized spacial score (nSPS) is 11.5. The van der Waals surface area contributed by atoms with Gasteiger partial charge in [-0.2, -0.15) is 0 Å². The molecule has 0 spiro atoms. The summed E-state index contributed by atoms with van der Waals surface area (Å²) < 4.78 is 22.8. The number of unbranched alkanes of at least 4 members (excludes halogenated alkanes) is 3. The smallest absolute Gasteiger partial charge is 0.169 e. The van der Waals surface area contributed by atoms with E-state index in [1.807, 2.05) is 0 Å². The van der Waals surface area contributed by atoms with Gasteiger partial charge in [-0.15, -0.1) is 0 Å². The second-order valence-electron chi connectivity index (χ2n) is 2.82. The first-order valence-corrected chi connectivity index (χ1v) is 5.16. The average Bonchev–Trinajstić information content (AvgIpc) is 2.12. The molecule has 0 aromatic rings. The molecule has 13 heavy (non-hydrogen) atoms. The fourth-order valence-corrected chi connectivity index (χ4v) is 1.13. The SMILES string of the molecule is CCCCCCC(F)=CC(O)=S=O. The van der Waals surface area contributed by atoms with Crippen molar-refractivity contribution < 1.29 is 13.7 Å². The van der Waals surface area contributed by atoms with Crippen LogP contribution in [0.2, 0.25) is 0 Å². The summed E-state index contributed by atoms with van der Waals surface area (Å²) in [5.74, 6) is -0.419. The van der Waals surface area contributed by atoms with Crippen molar-refractivity contribution in [1.82, 2.24) is 0 Å². The quantitative estimate of drug-likeness (QED) is 0.412. The highest BCUT2D eigenvalue weighted by Gasteiger charge is 1.96. The summed E-state index contributed by atoms with van der Waals surface area (Å²) in [4.78, 5) is 0.